The van der Waals surface area contributed by atoms with Crippen molar-refractivity contribution in [1.82, 2.24) is 0 Å². The fourth-order valence-corrected chi connectivity index (χ4v) is 6.27. The van der Waals surface area contributed by atoms with Crippen LogP contribution < -0.4 is 4.31 Å². The summed E-state index contributed by atoms with van der Waals surface area (Å²) < 4.78 is 41.1. The van der Waals surface area contributed by atoms with E-state index in [1.54, 1.807) is 0 Å². The lowest BCUT2D eigenvalue weighted by Gasteiger charge is -2.16. The molecule has 1 heterocycles. The Bertz CT molecular complexity index is 749. The fourth-order valence-electron chi connectivity index (χ4n) is 2.00. The molecule has 7 nitrogen and oxygen atoms in total. The van der Waals surface area contributed by atoms with E-state index >= 15 is 0 Å². The quantitative estimate of drug-likeness (QED) is 0.895. The van der Waals surface area contributed by atoms with Crippen molar-refractivity contribution >= 4 is 31.6 Å². The molecule has 0 unspecified atom stereocenters. The highest BCUT2D eigenvalue weighted by Gasteiger charge is 2.24. The number of carboxylic acid groups (broad SMARTS) is 1. The molecule has 0 saturated carbocycles. The van der Waals surface area contributed by atoms with E-state index in [9.17, 15) is 17.4 Å². The maximum absolute atomic E-state index is 12.2. The summed E-state index contributed by atoms with van der Waals surface area (Å²) in [5.74, 6) is -0.485. The lowest BCUT2D eigenvalue weighted by Crippen LogP contribution is -2.26. The molecule has 0 radical (unpaired) electrons. The first-order valence-electron chi connectivity index (χ1n) is 6.29. The number of rotatable bonds is 4. The normalized spacial score (nSPS) is 17.4. The number of carbonyl (C=O) groups is 1. The van der Waals surface area contributed by atoms with Gasteiger partial charge in [-0.1, -0.05) is 3.77 Å². The van der Waals surface area contributed by atoms with Crippen LogP contribution in [0.15, 0.2) is 28.0 Å². The van der Waals surface area contributed by atoms with E-state index in [4.69, 9.17) is 5.11 Å². The van der Waals surface area contributed by atoms with Gasteiger partial charge >= 0.3 is 16.2 Å². The monoisotopic (exact) mass is 332 g/mol. The summed E-state index contributed by atoms with van der Waals surface area (Å²) in [6.45, 7) is 0. The van der Waals surface area contributed by atoms with Crippen LogP contribution in [-0.4, -0.2) is 42.3 Å². The lowest BCUT2D eigenvalue weighted by atomic mass is 10.2. The van der Waals surface area contributed by atoms with Crippen molar-refractivity contribution in [1.29, 1.82) is 0 Å². The van der Waals surface area contributed by atoms with Gasteiger partial charge in [0.15, 0.2) is 0 Å². The summed E-state index contributed by atoms with van der Waals surface area (Å²) in [5, 5.41) is 8.81. The van der Waals surface area contributed by atoms with E-state index in [1.807, 2.05) is 0 Å². The Morgan fingerprint density at radius 2 is 1.76 bits per heavy atom. The third kappa shape index (κ3) is 3.53. The molecule has 1 saturated heterocycles. The summed E-state index contributed by atoms with van der Waals surface area (Å²) in [5.41, 5.74) is 0.327. The Balaban J connectivity index is 2.32. The van der Waals surface area contributed by atoms with Gasteiger partial charge in [-0.25, -0.2) is 9.00 Å². The van der Waals surface area contributed by atoms with Gasteiger partial charge in [0.05, 0.1) is 21.0 Å². The van der Waals surface area contributed by atoms with Gasteiger partial charge < -0.3 is 5.11 Å². The zero-order valence-corrected chi connectivity index (χ0v) is 13.1. The van der Waals surface area contributed by atoms with E-state index in [1.165, 1.54) is 31.3 Å². The number of anilines is 1. The Hall–Kier alpha value is -1.61. The Kier molecular flexibility index (Phi) is 4.24. The molecule has 0 aromatic heterocycles. The zero-order chi connectivity index (χ0) is 15.7. The van der Waals surface area contributed by atoms with Gasteiger partial charge in [0.25, 0.3) is 0 Å². The van der Waals surface area contributed by atoms with Crippen molar-refractivity contribution in [3.63, 3.8) is 0 Å². The number of carboxylic acids is 1. The van der Waals surface area contributed by atoms with Crippen LogP contribution >= 0.6 is 0 Å². The van der Waals surface area contributed by atoms with Crippen LogP contribution in [0.4, 0.5) is 5.69 Å². The molecule has 1 aliphatic heterocycles. The largest absolute Gasteiger partial charge is 0.478 e. The highest BCUT2D eigenvalue weighted by molar-refractivity contribution is 8.03. The van der Waals surface area contributed by atoms with Crippen LogP contribution in [-0.2, 0) is 19.9 Å². The number of hydrogen-bond acceptors (Lipinski definition) is 4. The average molecular weight is 332 g/mol. The van der Waals surface area contributed by atoms with Gasteiger partial charge in [-0.3, -0.25) is 4.31 Å². The first kappa shape index (κ1) is 15.8. The molecule has 116 valence electrons. The van der Waals surface area contributed by atoms with Crippen molar-refractivity contribution < 1.29 is 22.5 Å². The molecule has 9 heteroatoms. The van der Waals surface area contributed by atoms with Crippen LogP contribution in [0, 0.1) is 0 Å². The molecule has 1 aromatic carbocycles. The minimum Gasteiger partial charge on any atom is -0.478 e. The van der Waals surface area contributed by atoms with Gasteiger partial charge in [0, 0.05) is 18.6 Å². The van der Waals surface area contributed by atoms with Gasteiger partial charge in [-0.05, 0) is 37.1 Å². The summed E-state index contributed by atoms with van der Waals surface area (Å²) >= 11 is 0. The standard InChI is InChI=1S/C12H16N2O5S2/c1-14(11-6-4-10(5-7-11)12(15)16)21(18,19)13-20(17)8-2-3-9-20/h4-7H,2-3,8-9H2,1H3,(H,15,16). The molecule has 0 spiro atoms. The van der Waals surface area contributed by atoms with Gasteiger partial charge in [-0.2, -0.15) is 8.42 Å². The van der Waals surface area contributed by atoms with Crippen LogP contribution in [0.25, 0.3) is 0 Å². The smallest absolute Gasteiger partial charge is 0.352 e. The van der Waals surface area contributed by atoms with E-state index in [0.717, 1.165) is 17.1 Å². The second-order valence-electron chi connectivity index (χ2n) is 4.76. The summed E-state index contributed by atoms with van der Waals surface area (Å²) in [6.07, 6.45) is 1.43. The Labute approximate surface area is 124 Å². The van der Waals surface area contributed by atoms with Crippen molar-refractivity contribution in [3.8, 4) is 0 Å². The molecule has 0 bridgehead atoms. The molecule has 1 N–H and O–H groups in total. The Morgan fingerprint density at radius 3 is 2.24 bits per heavy atom. The van der Waals surface area contributed by atoms with Crippen molar-refractivity contribution in [2.45, 2.75) is 12.8 Å². The van der Waals surface area contributed by atoms with Crippen LogP contribution in [0.2, 0.25) is 0 Å². The first-order valence-corrected chi connectivity index (χ1v) is 9.55. The fraction of sp³-hybridized carbons (Fsp3) is 0.417. The number of hydrogen-bond donors (Lipinski definition) is 1. The molecule has 1 aromatic rings. The molecule has 0 aliphatic carbocycles. The minimum absolute atomic E-state index is 0.0585. The summed E-state index contributed by atoms with van der Waals surface area (Å²) in [4.78, 5) is 10.8. The number of aromatic carboxylic acids is 1. The summed E-state index contributed by atoms with van der Waals surface area (Å²) in [6, 6.07) is 5.36. The van der Waals surface area contributed by atoms with Gasteiger partial charge in [0.1, 0.15) is 0 Å². The van der Waals surface area contributed by atoms with Crippen LogP contribution in [0.1, 0.15) is 23.2 Å². The first-order chi connectivity index (χ1) is 9.73. The number of nitrogens with zero attached hydrogens (tertiary/aromatic N) is 2. The predicted octanol–water partition coefficient (Wildman–Crippen LogP) is 1.33. The van der Waals surface area contributed by atoms with Crippen LogP contribution in [0.5, 0.6) is 0 Å². The second kappa shape index (κ2) is 5.64. The van der Waals surface area contributed by atoms with E-state index in [0.29, 0.717) is 11.5 Å². The molecule has 2 rings (SSSR count). The molecule has 1 fully saturated rings. The van der Waals surface area contributed by atoms with Crippen molar-refractivity contribution in [3.05, 3.63) is 29.8 Å². The van der Waals surface area contributed by atoms with Gasteiger partial charge in [-0.15, -0.1) is 0 Å². The molecule has 21 heavy (non-hydrogen) atoms. The van der Waals surface area contributed by atoms with Crippen molar-refractivity contribution in [2.75, 3.05) is 22.9 Å². The molecule has 1 aliphatic rings. The number of benzene rings is 1. The third-order valence-electron chi connectivity index (χ3n) is 3.23. The van der Waals surface area contributed by atoms with Crippen LogP contribution in [0.3, 0.4) is 0 Å². The third-order valence-corrected chi connectivity index (χ3v) is 7.83. The molecular weight excluding hydrogens is 316 g/mol. The van der Waals surface area contributed by atoms with Crippen molar-refractivity contribution in [2.24, 2.45) is 3.77 Å². The minimum atomic E-state index is -4.05. The predicted molar refractivity (Wildman–Crippen MR) is 80.3 cm³/mol. The molecule has 0 atom stereocenters. The Morgan fingerprint density at radius 1 is 1.24 bits per heavy atom. The maximum atomic E-state index is 12.2. The lowest BCUT2D eigenvalue weighted by molar-refractivity contribution is 0.0697. The second-order valence-corrected chi connectivity index (χ2v) is 9.16. The van der Waals surface area contributed by atoms with E-state index < -0.39 is 25.9 Å². The SMILES string of the molecule is CN(c1ccc(C(=O)O)cc1)S(=O)(=O)N=S1(=O)CCCC1. The highest BCUT2D eigenvalue weighted by atomic mass is 32.3. The van der Waals surface area contributed by atoms with E-state index in [2.05, 4.69) is 3.77 Å². The van der Waals surface area contributed by atoms with Gasteiger partial charge in [0.2, 0.25) is 0 Å². The maximum Gasteiger partial charge on any atom is 0.352 e. The van der Waals surface area contributed by atoms with E-state index in [-0.39, 0.29) is 11.3 Å². The highest BCUT2D eigenvalue weighted by Crippen LogP contribution is 2.21. The summed E-state index contributed by atoms with van der Waals surface area (Å²) in [7, 11) is -5.44. The topological polar surface area (TPSA) is 104 Å². The zero-order valence-electron chi connectivity index (χ0n) is 11.4. The molecule has 0 amide bonds. The molecular formula is C12H16N2O5S2. The average Bonchev–Trinajstić information content (AvgIpc) is 2.83.